The Morgan fingerprint density at radius 2 is 1.85 bits per heavy atom. The minimum atomic E-state index is -0.875. The van der Waals surface area contributed by atoms with E-state index in [0.717, 1.165) is 17.7 Å². The minimum Gasteiger partial charge on any atom is -0.495 e. The number of carbonyl (C=O) groups excluding carboxylic acids is 1. The van der Waals surface area contributed by atoms with Gasteiger partial charge in [-0.15, -0.1) is 0 Å². The van der Waals surface area contributed by atoms with Gasteiger partial charge in [0.15, 0.2) is 0 Å². The van der Waals surface area contributed by atoms with E-state index in [1.54, 1.807) is 7.11 Å². The first kappa shape index (κ1) is 18.2. The van der Waals surface area contributed by atoms with Crippen molar-refractivity contribution in [2.75, 3.05) is 17.7 Å². The molecule has 0 aliphatic heterocycles. The van der Waals surface area contributed by atoms with Crippen molar-refractivity contribution < 1.29 is 18.3 Å². The molecule has 0 aliphatic carbocycles. The molecule has 3 aromatic rings. The first-order chi connectivity index (χ1) is 13.0. The molecule has 2 aromatic carbocycles. The number of aromatic nitrogens is 2. The minimum absolute atomic E-state index is 0.0165. The standard InChI is InChI=1S/C19H16F2N4O2/c1-11-3-6-17(27-2)15(7-11)24-18-9-16(22-10-23-18)19(26)25-14-5-4-12(20)8-13(14)21/h3-10H,1-2H3,(H,25,26)(H,22,23,24). The second-order valence-electron chi connectivity index (χ2n) is 5.70. The molecule has 0 aliphatic rings. The maximum Gasteiger partial charge on any atom is 0.274 e. The van der Waals surface area contributed by atoms with Crippen LogP contribution in [-0.2, 0) is 0 Å². The van der Waals surface area contributed by atoms with E-state index in [1.165, 1.54) is 12.4 Å². The van der Waals surface area contributed by atoms with Crippen molar-refractivity contribution >= 4 is 23.1 Å². The summed E-state index contributed by atoms with van der Waals surface area (Å²) < 4.78 is 32.0. The van der Waals surface area contributed by atoms with Crippen molar-refractivity contribution in [2.45, 2.75) is 6.92 Å². The number of rotatable bonds is 5. The quantitative estimate of drug-likeness (QED) is 0.708. The van der Waals surface area contributed by atoms with Crippen molar-refractivity contribution in [1.29, 1.82) is 0 Å². The molecular weight excluding hydrogens is 354 g/mol. The zero-order valence-corrected chi connectivity index (χ0v) is 14.6. The Kier molecular flexibility index (Phi) is 5.25. The van der Waals surface area contributed by atoms with Crippen LogP contribution in [0.25, 0.3) is 0 Å². The zero-order chi connectivity index (χ0) is 19.4. The summed E-state index contributed by atoms with van der Waals surface area (Å²) in [6.45, 7) is 1.93. The van der Waals surface area contributed by atoms with Gasteiger partial charge in [0.2, 0.25) is 0 Å². The van der Waals surface area contributed by atoms with Crippen molar-refractivity contribution in [1.82, 2.24) is 9.97 Å². The summed E-state index contributed by atoms with van der Waals surface area (Å²) in [5.74, 6) is -1.29. The third-order valence-corrected chi connectivity index (χ3v) is 3.70. The van der Waals surface area contributed by atoms with Crippen LogP contribution in [0.5, 0.6) is 5.75 Å². The van der Waals surface area contributed by atoms with Crippen LogP contribution in [-0.4, -0.2) is 23.0 Å². The molecule has 0 atom stereocenters. The number of nitrogens with zero attached hydrogens (tertiary/aromatic N) is 2. The Bertz CT molecular complexity index is 995. The van der Waals surface area contributed by atoms with E-state index in [4.69, 9.17) is 4.74 Å². The number of hydrogen-bond donors (Lipinski definition) is 2. The van der Waals surface area contributed by atoms with Gasteiger partial charge in [0.1, 0.15) is 35.2 Å². The molecule has 0 fully saturated rings. The first-order valence-electron chi connectivity index (χ1n) is 7.96. The number of methoxy groups -OCH3 is 1. The predicted octanol–water partition coefficient (Wildman–Crippen LogP) is 4.07. The van der Waals surface area contributed by atoms with E-state index in [-0.39, 0.29) is 11.4 Å². The van der Waals surface area contributed by atoms with Crippen molar-refractivity contribution in [2.24, 2.45) is 0 Å². The van der Waals surface area contributed by atoms with Gasteiger partial charge < -0.3 is 15.4 Å². The number of ether oxygens (including phenoxy) is 1. The molecule has 0 saturated carbocycles. The van der Waals surface area contributed by atoms with Gasteiger partial charge in [-0.25, -0.2) is 18.7 Å². The molecule has 1 aromatic heterocycles. The van der Waals surface area contributed by atoms with Crippen molar-refractivity contribution in [3.63, 3.8) is 0 Å². The molecule has 0 spiro atoms. The molecule has 3 rings (SSSR count). The van der Waals surface area contributed by atoms with E-state index in [1.807, 2.05) is 25.1 Å². The normalized spacial score (nSPS) is 10.4. The highest BCUT2D eigenvalue weighted by Crippen LogP contribution is 2.28. The lowest BCUT2D eigenvalue weighted by atomic mass is 10.2. The molecule has 138 valence electrons. The number of carbonyl (C=O) groups is 1. The first-order valence-corrected chi connectivity index (χ1v) is 7.96. The lowest BCUT2D eigenvalue weighted by molar-refractivity contribution is 0.102. The molecule has 1 amide bonds. The summed E-state index contributed by atoms with van der Waals surface area (Å²) in [5.41, 5.74) is 1.56. The Labute approximate surface area is 154 Å². The van der Waals surface area contributed by atoms with E-state index >= 15 is 0 Å². The third-order valence-electron chi connectivity index (χ3n) is 3.70. The van der Waals surface area contributed by atoms with E-state index in [2.05, 4.69) is 20.6 Å². The van der Waals surface area contributed by atoms with E-state index in [9.17, 15) is 13.6 Å². The molecular formula is C19H16F2N4O2. The fraction of sp³-hybridized carbons (Fsp3) is 0.105. The van der Waals surface area contributed by atoms with Gasteiger partial charge in [-0.2, -0.15) is 0 Å². The number of benzene rings is 2. The SMILES string of the molecule is COc1ccc(C)cc1Nc1cc(C(=O)Nc2ccc(F)cc2F)ncn1. The average molecular weight is 370 g/mol. The molecule has 1 heterocycles. The Morgan fingerprint density at radius 3 is 2.59 bits per heavy atom. The molecule has 0 bridgehead atoms. The maximum absolute atomic E-state index is 13.7. The number of halogens is 2. The Balaban J connectivity index is 1.81. The third kappa shape index (κ3) is 4.35. The van der Waals surface area contributed by atoms with E-state index in [0.29, 0.717) is 23.3 Å². The highest BCUT2D eigenvalue weighted by atomic mass is 19.1. The van der Waals surface area contributed by atoms with Crippen LogP contribution in [0, 0.1) is 18.6 Å². The number of hydrogen-bond acceptors (Lipinski definition) is 5. The Morgan fingerprint density at radius 1 is 1.04 bits per heavy atom. The van der Waals surface area contributed by atoms with Crippen LogP contribution in [0.3, 0.4) is 0 Å². The fourth-order valence-electron chi connectivity index (χ4n) is 2.38. The number of nitrogens with one attached hydrogen (secondary N) is 2. The Hall–Kier alpha value is -3.55. The van der Waals surface area contributed by atoms with Crippen LogP contribution in [0.1, 0.15) is 16.1 Å². The summed E-state index contributed by atoms with van der Waals surface area (Å²) in [5, 5.41) is 5.42. The fourth-order valence-corrected chi connectivity index (χ4v) is 2.38. The van der Waals surface area contributed by atoms with Gasteiger partial charge >= 0.3 is 0 Å². The van der Waals surface area contributed by atoms with Gasteiger partial charge in [0.25, 0.3) is 5.91 Å². The number of amides is 1. The summed E-state index contributed by atoms with van der Waals surface area (Å²) in [6, 6.07) is 9.87. The van der Waals surface area contributed by atoms with Gasteiger partial charge in [0, 0.05) is 12.1 Å². The van der Waals surface area contributed by atoms with Crippen LogP contribution >= 0.6 is 0 Å². The van der Waals surface area contributed by atoms with E-state index < -0.39 is 17.5 Å². The molecule has 27 heavy (non-hydrogen) atoms. The second-order valence-corrected chi connectivity index (χ2v) is 5.70. The lowest BCUT2D eigenvalue weighted by Gasteiger charge is -2.12. The highest BCUT2D eigenvalue weighted by Gasteiger charge is 2.13. The number of anilines is 3. The summed E-state index contributed by atoms with van der Waals surface area (Å²) in [6.07, 6.45) is 1.21. The molecule has 0 radical (unpaired) electrons. The van der Waals surface area contributed by atoms with Crippen LogP contribution in [0.2, 0.25) is 0 Å². The molecule has 0 unspecified atom stereocenters. The second kappa shape index (κ2) is 7.77. The molecule has 2 N–H and O–H groups in total. The van der Waals surface area contributed by atoms with Gasteiger partial charge in [0.05, 0.1) is 18.5 Å². The molecule has 0 saturated heterocycles. The van der Waals surface area contributed by atoms with Crippen LogP contribution in [0.4, 0.5) is 26.0 Å². The van der Waals surface area contributed by atoms with Crippen LogP contribution < -0.4 is 15.4 Å². The summed E-state index contributed by atoms with van der Waals surface area (Å²) in [4.78, 5) is 20.3. The monoisotopic (exact) mass is 370 g/mol. The van der Waals surface area contributed by atoms with Gasteiger partial charge in [-0.1, -0.05) is 6.07 Å². The molecule has 8 heteroatoms. The zero-order valence-electron chi connectivity index (χ0n) is 14.6. The summed E-state index contributed by atoms with van der Waals surface area (Å²) in [7, 11) is 1.55. The number of aryl methyl sites for hydroxylation is 1. The predicted molar refractivity (Wildman–Crippen MR) is 97.4 cm³/mol. The summed E-state index contributed by atoms with van der Waals surface area (Å²) >= 11 is 0. The topological polar surface area (TPSA) is 76.1 Å². The average Bonchev–Trinajstić information content (AvgIpc) is 2.64. The van der Waals surface area contributed by atoms with Gasteiger partial charge in [-0.05, 0) is 36.8 Å². The van der Waals surface area contributed by atoms with Gasteiger partial charge in [-0.3, -0.25) is 4.79 Å². The molecule has 6 nitrogen and oxygen atoms in total. The lowest BCUT2D eigenvalue weighted by Crippen LogP contribution is -2.15. The van der Waals surface area contributed by atoms with Crippen LogP contribution in [0.15, 0.2) is 48.8 Å². The van der Waals surface area contributed by atoms with Crippen molar-refractivity contribution in [3.8, 4) is 5.75 Å². The largest absolute Gasteiger partial charge is 0.495 e. The highest BCUT2D eigenvalue weighted by molar-refractivity contribution is 6.03. The van der Waals surface area contributed by atoms with Crippen molar-refractivity contribution in [3.05, 3.63) is 71.7 Å². The smallest absolute Gasteiger partial charge is 0.274 e. The maximum atomic E-state index is 13.7.